The van der Waals surface area contributed by atoms with Crippen LogP contribution in [0.2, 0.25) is 0 Å². The molecule has 186 valence electrons. The zero-order valence-corrected chi connectivity index (χ0v) is 21.1. The van der Waals surface area contributed by atoms with Crippen molar-refractivity contribution in [3.05, 3.63) is 30.1 Å². The van der Waals surface area contributed by atoms with Gasteiger partial charge in [-0.25, -0.2) is 4.98 Å². The van der Waals surface area contributed by atoms with Crippen LogP contribution in [-0.4, -0.2) is 63.3 Å². The molecule has 0 aromatic carbocycles. The highest BCUT2D eigenvalue weighted by Crippen LogP contribution is 2.30. The number of hydrogen-bond donors (Lipinski definition) is 3. The molecule has 2 aromatic heterocycles. The third-order valence-electron chi connectivity index (χ3n) is 7.39. The average molecular weight is 467 g/mol. The monoisotopic (exact) mass is 466 g/mol. The number of rotatable bonds is 9. The Bertz CT molecular complexity index is 888. The predicted octanol–water partition coefficient (Wildman–Crippen LogP) is 4.74. The topological polar surface area (TPSA) is 86.2 Å². The predicted molar refractivity (Wildman–Crippen MR) is 139 cm³/mol. The first kappa shape index (κ1) is 24.9. The van der Waals surface area contributed by atoms with Crippen LogP contribution in [0.15, 0.2) is 24.5 Å². The normalized spacial score (nSPS) is 22.9. The van der Waals surface area contributed by atoms with Crippen LogP contribution in [0, 0.1) is 5.92 Å². The van der Waals surface area contributed by atoms with E-state index in [2.05, 4.69) is 53.5 Å². The number of nitrogens with zero attached hydrogens (tertiary/aromatic N) is 4. The van der Waals surface area contributed by atoms with E-state index in [1.807, 2.05) is 12.4 Å². The molecule has 0 amide bonds. The first-order valence-corrected chi connectivity index (χ1v) is 13.2. The quantitative estimate of drug-likeness (QED) is 0.492. The molecule has 0 radical (unpaired) electrons. The molecule has 1 aliphatic carbocycles. The summed E-state index contributed by atoms with van der Waals surface area (Å²) in [5.74, 6) is 2.24. The lowest BCUT2D eigenvalue weighted by atomic mass is 9.91. The summed E-state index contributed by atoms with van der Waals surface area (Å²) in [5, 5.41) is 17.0. The Balaban J connectivity index is 1.50. The van der Waals surface area contributed by atoms with Gasteiger partial charge in [0.25, 0.3) is 0 Å². The Kier molecular flexibility index (Phi) is 8.73. The second-order valence-electron chi connectivity index (χ2n) is 10.4. The van der Waals surface area contributed by atoms with Crippen LogP contribution in [0.25, 0.3) is 11.3 Å². The van der Waals surface area contributed by atoms with E-state index in [0.29, 0.717) is 18.0 Å². The van der Waals surface area contributed by atoms with E-state index in [1.165, 1.54) is 31.5 Å². The zero-order chi connectivity index (χ0) is 23.9. The summed E-state index contributed by atoms with van der Waals surface area (Å²) in [5.41, 5.74) is 3.14. The van der Waals surface area contributed by atoms with Crippen molar-refractivity contribution in [3.63, 3.8) is 0 Å². The number of hydrogen-bond acceptors (Lipinski definition) is 7. The van der Waals surface area contributed by atoms with Gasteiger partial charge in [-0.1, -0.05) is 19.4 Å². The van der Waals surface area contributed by atoms with Crippen LogP contribution in [0.5, 0.6) is 0 Å². The van der Waals surface area contributed by atoms with Gasteiger partial charge in [-0.05, 0) is 96.0 Å². The Morgan fingerprint density at radius 2 is 1.82 bits per heavy atom. The lowest BCUT2D eigenvalue weighted by Crippen LogP contribution is -2.30. The second-order valence-corrected chi connectivity index (χ2v) is 10.4. The van der Waals surface area contributed by atoms with Crippen molar-refractivity contribution in [3.8, 4) is 11.3 Å². The third kappa shape index (κ3) is 6.89. The van der Waals surface area contributed by atoms with Gasteiger partial charge in [0.1, 0.15) is 5.82 Å². The van der Waals surface area contributed by atoms with E-state index in [-0.39, 0.29) is 6.10 Å². The fourth-order valence-corrected chi connectivity index (χ4v) is 5.19. The van der Waals surface area contributed by atoms with Crippen LogP contribution in [0.4, 0.5) is 11.8 Å². The number of aliphatic hydroxyl groups excluding tert-OH is 1. The highest BCUT2D eigenvalue weighted by atomic mass is 16.3. The molecule has 2 fully saturated rings. The van der Waals surface area contributed by atoms with E-state index >= 15 is 0 Å². The molecule has 1 aliphatic heterocycles. The maximum absolute atomic E-state index is 9.90. The Labute approximate surface area is 204 Å². The standard InChI is InChI=1S/C27H42N6O/c1-4-5-19(2)30-27-29-18-24(26(32-27)31-22-7-9-23(34)10-8-22)25-11-6-21(17-28-25)16-20-12-14-33(3)15-13-20/h6,11,17-20,22-23,34H,4-5,7-10,12-16H2,1-3H3,(H2,29,30,31,32)/t19-,22?,23?/m0/s1. The Morgan fingerprint density at radius 3 is 2.50 bits per heavy atom. The molecular weight excluding hydrogens is 424 g/mol. The molecule has 0 bridgehead atoms. The third-order valence-corrected chi connectivity index (χ3v) is 7.39. The van der Waals surface area contributed by atoms with Gasteiger partial charge >= 0.3 is 0 Å². The first-order chi connectivity index (χ1) is 16.5. The fourth-order valence-electron chi connectivity index (χ4n) is 5.19. The van der Waals surface area contributed by atoms with Crippen molar-refractivity contribution in [1.29, 1.82) is 0 Å². The van der Waals surface area contributed by atoms with E-state index in [1.54, 1.807) is 0 Å². The zero-order valence-electron chi connectivity index (χ0n) is 21.1. The minimum Gasteiger partial charge on any atom is -0.393 e. The summed E-state index contributed by atoms with van der Waals surface area (Å²) in [6, 6.07) is 4.97. The highest BCUT2D eigenvalue weighted by molar-refractivity contribution is 5.73. The van der Waals surface area contributed by atoms with Gasteiger partial charge in [-0.15, -0.1) is 0 Å². The summed E-state index contributed by atoms with van der Waals surface area (Å²) in [6.07, 6.45) is 13.1. The van der Waals surface area contributed by atoms with Gasteiger partial charge in [0.05, 0.1) is 17.4 Å². The molecule has 4 rings (SSSR count). The molecule has 2 aliphatic rings. The molecular formula is C27H42N6O. The SMILES string of the molecule is CCC[C@H](C)Nc1ncc(-c2ccc(CC3CCN(C)CC3)cn2)c(NC2CCC(O)CC2)n1. The molecule has 3 N–H and O–H groups in total. The van der Waals surface area contributed by atoms with Crippen LogP contribution < -0.4 is 10.6 Å². The van der Waals surface area contributed by atoms with Crippen LogP contribution >= 0.6 is 0 Å². The van der Waals surface area contributed by atoms with E-state index in [4.69, 9.17) is 9.97 Å². The summed E-state index contributed by atoms with van der Waals surface area (Å²) in [6.45, 7) is 6.74. The molecule has 7 heteroatoms. The number of anilines is 2. The molecule has 3 heterocycles. The molecule has 2 aromatic rings. The smallest absolute Gasteiger partial charge is 0.224 e. The van der Waals surface area contributed by atoms with Crippen LogP contribution in [0.3, 0.4) is 0 Å². The van der Waals surface area contributed by atoms with Gasteiger partial charge in [0.2, 0.25) is 5.95 Å². The lowest BCUT2D eigenvalue weighted by molar-refractivity contribution is 0.126. The van der Waals surface area contributed by atoms with E-state index in [0.717, 1.165) is 67.9 Å². The average Bonchev–Trinajstić information content (AvgIpc) is 2.83. The highest BCUT2D eigenvalue weighted by Gasteiger charge is 2.22. The lowest BCUT2D eigenvalue weighted by Gasteiger charge is -2.29. The number of pyridine rings is 1. The van der Waals surface area contributed by atoms with Crippen molar-refractivity contribution in [2.75, 3.05) is 30.8 Å². The van der Waals surface area contributed by atoms with Crippen molar-refractivity contribution >= 4 is 11.8 Å². The number of aromatic nitrogens is 3. The number of piperidine rings is 1. The molecule has 7 nitrogen and oxygen atoms in total. The van der Waals surface area contributed by atoms with Gasteiger partial charge in [0.15, 0.2) is 0 Å². The molecule has 0 spiro atoms. The van der Waals surface area contributed by atoms with E-state index < -0.39 is 0 Å². The molecule has 1 saturated heterocycles. The van der Waals surface area contributed by atoms with Crippen molar-refractivity contribution in [2.24, 2.45) is 5.92 Å². The van der Waals surface area contributed by atoms with Gasteiger partial charge in [-0.2, -0.15) is 4.98 Å². The Hall–Kier alpha value is -2.25. The molecule has 34 heavy (non-hydrogen) atoms. The van der Waals surface area contributed by atoms with Crippen LogP contribution in [-0.2, 0) is 6.42 Å². The minimum atomic E-state index is -0.172. The van der Waals surface area contributed by atoms with Gasteiger partial charge in [-0.3, -0.25) is 4.98 Å². The second kappa shape index (κ2) is 11.9. The van der Waals surface area contributed by atoms with Gasteiger partial charge < -0.3 is 20.6 Å². The maximum atomic E-state index is 9.90. The largest absolute Gasteiger partial charge is 0.393 e. The van der Waals surface area contributed by atoms with Crippen molar-refractivity contribution in [2.45, 2.75) is 89.8 Å². The summed E-state index contributed by atoms with van der Waals surface area (Å²) in [4.78, 5) is 16.7. The number of nitrogens with one attached hydrogen (secondary N) is 2. The van der Waals surface area contributed by atoms with Crippen LogP contribution in [0.1, 0.15) is 70.8 Å². The maximum Gasteiger partial charge on any atom is 0.224 e. The van der Waals surface area contributed by atoms with E-state index in [9.17, 15) is 5.11 Å². The first-order valence-electron chi connectivity index (χ1n) is 13.2. The van der Waals surface area contributed by atoms with Crippen molar-refractivity contribution < 1.29 is 5.11 Å². The molecule has 1 atom stereocenters. The minimum absolute atomic E-state index is 0.172. The summed E-state index contributed by atoms with van der Waals surface area (Å²) in [7, 11) is 2.21. The Morgan fingerprint density at radius 1 is 1.06 bits per heavy atom. The molecule has 0 unspecified atom stereocenters. The van der Waals surface area contributed by atoms with Crippen molar-refractivity contribution in [1.82, 2.24) is 19.9 Å². The summed E-state index contributed by atoms with van der Waals surface area (Å²) >= 11 is 0. The fraction of sp³-hybridized carbons (Fsp3) is 0.667. The molecule has 1 saturated carbocycles. The number of aliphatic hydroxyl groups is 1. The summed E-state index contributed by atoms with van der Waals surface area (Å²) < 4.78 is 0. The number of likely N-dealkylation sites (tertiary alicyclic amines) is 1. The van der Waals surface area contributed by atoms with Gasteiger partial charge in [0, 0.05) is 24.5 Å².